The number of nitrogens with one attached hydrogen (secondary N) is 3. The molecule has 2 aromatic rings. The Bertz CT molecular complexity index is 936. The minimum atomic E-state index is -0.822. The summed E-state index contributed by atoms with van der Waals surface area (Å²) in [5.74, 6) is -0.845. The summed E-state index contributed by atoms with van der Waals surface area (Å²) in [4.78, 5) is 38.1. The second kappa shape index (κ2) is 13.3. The van der Waals surface area contributed by atoms with Gasteiger partial charge in [-0.15, -0.1) is 0 Å². The number of nitrogens with two attached hydrogens (primary N) is 1. The first-order chi connectivity index (χ1) is 15.7. The van der Waals surface area contributed by atoms with Gasteiger partial charge in [0.2, 0.25) is 17.7 Å². The fourth-order valence-electron chi connectivity index (χ4n) is 3.32. The van der Waals surface area contributed by atoms with Gasteiger partial charge in [-0.05, 0) is 65.1 Å². The van der Waals surface area contributed by atoms with Crippen LogP contribution in [0.4, 0.5) is 0 Å². The van der Waals surface area contributed by atoms with Gasteiger partial charge in [0.15, 0.2) is 0 Å². The topological polar surface area (TPSA) is 113 Å². The fourth-order valence-corrected chi connectivity index (χ4v) is 3.92. The van der Waals surface area contributed by atoms with Gasteiger partial charge in [-0.2, -0.15) is 0 Å². The molecule has 0 aliphatic rings. The third-order valence-electron chi connectivity index (χ3n) is 5.09. The molecule has 0 aliphatic heterocycles. The zero-order valence-electron chi connectivity index (χ0n) is 19.3. The molecule has 8 heteroatoms. The maximum absolute atomic E-state index is 13.0. The lowest BCUT2D eigenvalue weighted by Gasteiger charge is -2.22. The van der Waals surface area contributed by atoms with Crippen LogP contribution in [0.1, 0.15) is 38.3 Å². The third-order valence-corrected chi connectivity index (χ3v) is 5.76. The number of carbonyl (C=O) groups is 3. The number of amides is 3. The molecule has 0 aromatic heterocycles. The van der Waals surface area contributed by atoms with Gasteiger partial charge in [0, 0.05) is 16.5 Å². The van der Waals surface area contributed by atoms with E-state index < -0.39 is 24.0 Å². The summed E-state index contributed by atoms with van der Waals surface area (Å²) in [6.07, 6.45) is 0.857. The highest BCUT2D eigenvalue weighted by atomic mass is 127. The molecule has 0 radical (unpaired) electrons. The first kappa shape index (κ1) is 26.8. The van der Waals surface area contributed by atoms with E-state index in [-0.39, 0.29) is 17.7 Å². The van der Waals surface area contributed by atoms with Crippen molar-refractivity contribution in [2.75, 3.05) is 0 Å². The molecule has 0 unspecified atom stereocenters. The summed E-state index contributed by atoms with van der Waals surface area (Å²) in [5.41, 5.74) is 7.81. The molecule has 0 aliphatic carbocycles. The van der Waals surface area contributed by atoms with Crippen molar-refractivity contribution in [3.63, 3.8) is 0 Å². The van der Waals surface area contributed by atoms with Gasteiger partial charge in [0.05, 0.1) is 6.04 Å². The van der Waals surface area contributed by atoms with Gasteiger partial charge in [-0.3, -0.25) is 14.4 Å². The number of carbonyl (C=O) groups excluding carboxylic acids is 3. The number of hydrogen-bond donors (Lipinski definition) is 4. The van der Waals surface area contributed by atoms with E-state index in [4.69, 9.17) is 5.73 Å². The highest BCUT2D eigenvalue weighted by molar-refractivity contribution is 14.1. The van der Waals surface area contributed by atoms with E-state index in [0.29, 0.717) is 19.4 Å². The van der Waals surface area contributed by atoms with Gasteiger partial charge in [0.25, 0.3) is 0 Å². The lowest BCUT2D eigenvalue weighted by atomic mass is 10.0. The van der Waals surface area contributed by atoms with Crippen molar-refractivity contribution in [2.24, 2.45) is 11.7 Å². The van der Waals surface area contributed by atoms with E-state index in [9.17, 15) is 14.4 Å². The van der Waals surface area contributed by atoms with E-state index in [0.717, 1.165) is 14.7 Å². The molecule has 0 saturated heterocycles. The average Bonchev–Trinajstić information content (AvgIpc) is 2.77. The van der Waals surface area contributed by atoms with Crippen molar-refractivity contribution >= 4 is 40.3 Å². The summed E-state index contributed by atoms with van der Waals surface area (Å²) < 4.78 is 1.08. The Labute approximate surface area is 209 Å². The summed E-state index contributed by atoms with van der Waals surface area (Å²) in [5, 5.41) is 8.35. The van der Waals surface area contributed by atoms with Crippen LogP contribution in [0.2, 0.25) is 0 Å². The standard InChI is InChI=1S/C25H33IN4O3/c1-16(2)12-21(27)24(32)29-17(3)23(31)30-22(14-18-8-5-4-6-9-18)25(33)28-15-19-10-7-11-20(26)13-19/h4-11,13,16-17,21-22H,12,14-15,27H2,1-3H3,(H,28,33)(H,29,32)(H,30,31)/t17-,21+,22+/m0/s1. The fraction of sp³-hybridized carbons (Fsp3) is 0.400. The Balaban J connectivity index is 2.03. The molecule has 2 rings (SSSR count). The molecule has 0 bridgehead atoms. The summed E-state index contributed by atoms with van der Waals surface area (Å²) in [6.45, 7) is 5.89. The summed E-state index contributed by atoms with van der Waals surface area (Å²) in [6, 6.07) is 15.0. The smallest absolute Gasteiger partial charge is 0.243 e. The monoisotopic (exact) mass is 564 g/mol. The molecule has 2 aromatic carbocycles. The molecule has 0 fully saturated rings. The van der Waals surface area contributed by atoms with Crippen LogP contribution in [0, 0.1) is 9.49 Å². The first-order valence-corrected chi connectivity index (χ1v) is 12.2. The molecule has 7 nitrogen and oxygen atoms in total. The second-order valence-electron chi connectivity index (χ2n) is 8.56. The average molecular weight is 564 g/mol. The molecule has 178 valence electrons. The third kappa shape index (κ3) is 9.51. The van der Waals surface area contributed by atoms with E-state index in [1.807, 2.05) is 68.4 Å². The first-order valence-electron chi connectivity index (χ1n) is 11.1. The quantitative estimate of drug-likeness (QED) is 0.314. The molecule has 3 atom stereocenters. The number of rotatable bonds is 11. The van der Waals surface area contributed by atoms with Gasteiger partial charge < -0.3 is 21.7 Å². The molecule has 0 saturated carbocycles. The summed E-state index contributed by atoms with van der Waals surface area (Å²) in [7, 11) is 0. The van der Waals surface area contributed by atoms with Crippen molar-refractivity contribution in [1.29, 1.82) is 0 Å². The largest absolute Gasteiger partial charge is 0.350 e. The molecular formula is C25H33IN4O3. The van der Waals surface area contributed by atoms with Crippen LogP contribution in [0.25, 0.3) is 0 Å². The molecular weight excluding hydrogens is 531 g/mol. The highest BCUT2D eigenvalue weighted by Gasteiger charge is 2.26. The molecule has 0 heterocycles. The predicted octanol–water partition coefficient (Wildman–Crippen LogP) is 2.51. The Morgan fingerprint density at radius 3 is 2.18 bits per heavy atom. The van der Waals surface area contributed by atoms with Crippen LogP contribution in [0.5, 0.6) is 0 Å². The minimum absolute atomic E-state index is 0.265. The molecule has 5 N–H and O–H groups in total. The van der Waals surface area contributed by atoms with Gasteiger partial charge >= 0.3 is 0 Å². The lowest BCUT2D eigenvalue weighted by molar-refractivity contribution is -0.132. The SMILES string of the molecule is CC(C)C[C@@H](N)C(=O)N[C@@H](C)C(=O)N[C@H](Cc1ccccc1)C(=O)NCc1cccc(I)c1. The zero-order chi connectivity index (χ0) is 24.4. The van der Waals surface area contributed by atoms with Crippen molar-refractivity contribution in [1.82, 2.24) is 16.0 Å². The van der Waals surface area contributed by atoms with Crippen molar-refractivity contribution < 1.29 is 14.4 Å². The molecule has 3 amide bonds. The maximum Gasteiger partial charge on any atom is 0.243 e. The van der Waals surface area contributed by atoms with Crippen molar-refractivity contribution in [2.45, 2.75) is 58.3 Å². The van der Waals surface area contributed by atoms with Crippen LogP contribution in [0.3, 0.4) is 0 Å². The number of halogens is 1. The van der Waals surface area contributed by atoms with Gasteiger partial charge in [0.1, 0.15) is 12.1 Å². The maximum atomic E-state index is 13.0. The van der Waals surface area contributed by atoms with Crippen LogP contribution >= 0.6 is 22.6 Å². The van der Waals surface area contributed by atoms with Crippen molar-refractivity contribution in [3.05, 3.63) is 69.3 Å². The van der Waals surface area contributed by atoms with E-state index in [1.165, 1.54) is 0 Å². The molecule has 33 heavy (non-hydrogen) atoms. The van der Waals surface area contributed by atoms with Crippen LogP contribution < -0.4 is 21.7 Å². The molecule has 0 spiro atoms. The van der Waals surface area contributed by atoms with Crippen molar-refractivity contribution in [3.8, 4) is 0 Å². The van der Waals surface area contributed by atoms with E-state index >= 15 is 0 Å². The number of benzene rings is 2. The highest BCUT2D eigenvalue weighted by Crippen LogP contribution is 2.09. The van der Waals surface area contributed by atoms with Gasteiger partial charge in [-0.25, -0.2) is 0 Å². The van der Waals surface area contributed by atoms with E-state index in [1.54, 1.807) is 6.92 Å². The Morgan fingerprint density at radius 1 is 0.879 bits per heavy atom. The Kier molecular flexibility index (Phi) is 10.8. The number of hydrogen-bond acceptors (Lipinski definition) is 4. The van der Waals surface area contributed by atoms with Crippen LogP contribution in [0.15, 0.2) is 54.6 Å². The van der Waals surface area contributed by atoms with Gasteiger partial charge in [-0.1, -0.05) is 56.3 Å². The second-order valence-corrected chi connectivity index (χ2v) is 9.81. The predicted molar refractivity (Wildman–Crippen MR) is 138 cm³/mol. The van der Waals surface area contributed by atoms with E-state index in [2.05, 4.69) is 38.5 Å². The van der Waals surface area contributed by atoms with Crippen LogP contribution in [-0.4, -0.2) is 35.8 Å². The normalized spacial score (nSPS) is 13.6. The minimum Gasteiger partial charge on any atom is -0.350 e. The van der Waals surface area contributed by atoms with Crippen LogP contribution in [-0.2, 0) is 27.3 Å². The zero-order valence-corrected chi connectivity index (χ0v) is 21.5. The lowest BCUT2D eigenvalue weighted by Crippen LogP contribution is -2.55. The Morgan fingerprint density at radius 2 is 1.55 bits per heavy atom. The Hall–Kier alpha value is -2.46. The summed E-state index contributed by atoms with van der Waals surface area (Å²) >= 11 is 2.22.